The van der Waals surface area contributed by atoms with Crippen molar-refractivity contribution in [1.82, 2.24) is 0 Å². The Hall–Kier alpha value is -2.33. The van der Waals surface area contributed by atoms with Gasteiger partial charge in [-0.15, -0.1) is 0 Å². The van der Waals surface area contributed by atoms with Gasteiger partial charge in [-0.05, 0) is 68.8 Å². The first kappa shape index (κ1) is 24.9. The fraction of sp³-hybridized carbons (Fsp3) is 0.462. The van der Waals surface area contributed by atoms with Gasteiger partial charge in [0.2, 0.25) is 0 Å². The van der Waals surface area contributed by atoms with Crippen molar-refractivity contribution < 1.29 is 19.1 Å². The van der Waals surface area contributed by atoms with Gasteiger partial charge in [-0.3, -0.25) is 4.79 Å². The van der Waals surface area contributed by atoms with Crippen LogP contribution in [0.4, 0.5) is 0 Å². The molecule has 0 atom stereocenters. The molecule has 168 valence electrons. The number of carbonyl (C=O) groups is 2. The number of esters is 1. The maximum Gasteiger partial charge on any atom is 0.349 e. The number of hydrogen-bond donors (Lipinski definition) is 0. The molecule has 2 aromatic rings. The third kappa shape index (κ3) is 8.37. The number of benzene rings is 2. The summed E-state index contributed by atoms with van der Waals surface area (Å²) in [5.74, 6) is 0.0157. The van der Waals surface area contributed by atoms with Gasteiger partial charge in [0.05, 0.1) is 6.61 Å². The number of hydrogen-bond acceptors (Lipinski definition) is 4. The van der Waals surface area contributed by atoms with Crippen LogP contribution in [0.5, 0.6) is 5.75 Å². The van der Waals surface area contributed by atoms with Crippen molar-refractivity contribution in [3.8, 4) is 5.75 Å². The summed E-state index contributed by atoms with van der Waals surface area (Å²) in [5.41, 5.74) is -0.00985. The highest BCUT2D eigenvalue weighted by Gasteiger charge is 2.31. The van der Waals surface area contributed by atoms with Gasteiger partial charge in [0, 0.05) is 16.1 Å². The Morgan fingerprint density at radius 3 is 1.90 bits per heavy atom. The van der Waals surface area contributed by atoms with Gasteiger partial charge in [-0.25, -0.2) is 4.79 Å². The summed E-state index contributed by atoms with van der Waals surface area (Å²) in [6, 6.07) is 13.5. The molecular weight excluding hydrogens is 412 g/mol. The molecule has 0 bridgehead atoms. The lowest BCUT2D eigenvalue weighted by atomic mass is 10.0. The van der Waals surface area contributed by atoms with E-state index < -0.39 is 5.60 Å². The molecule has 0 N–H and O–H groups in total. The van der Waals surface area contributed by atoms with Crippen LogP contribution in [0.3, 0.4) is 0 Å². The number of ketones is 1. The van der Waals surface area contributed by atoms with E-state index in [9.17, 15) is 9.59 Å². The number of rotatable bonds is 13. The highest BCUT2D eigenvalue weighted by molar-refractivity contribution is 6.30. The zero-order valence-electron chi connectivity index (χ0n) is 18.8. The molecule has 5 heteroatoms. The molecule has 0 fully saturated rings. The average molecular weight is 445 g/mol. The quantitative estimate of drug-likeness (QED) is 0.189. The van der Waals surface area contributed by atoms with Gasteiger partial charge in [-0.1, -0.05) is 57.0 Å². The molecule has 0 aliphatic rings. The Morgan fingerprint density at radius 1 is 0.806 bits per heavy atom. The van der Waals surface area contributed by atoms with E-state index in [0.29, 0.717) is 28.5 Å². The second-order valence-corrected chi connectivity index (χ2v) is 8.67. The topological polar surface area (TPSA) is 52.6 Å². The molecule has 0 unspecified atom stereocenters. The first-order valence-corrected chi connectivity index (χ1v) is 11.5. The van der Waals surface area contributed by atoms with E-state index in [1.165, 1.54) is 32.1 Å². The molecule has 0 saturated heterocycles. The van der Waals surface area contributed by atoms with Crippen molar-refractivity contribution in [3.05, 3.63) is 64.7 Å². The normalized spacial score (nSPS) is 11.2. The van der Waals surface area contributed by atoms with Crippen LogP contribution in [-0.2, 0) is 9.53 Å². The summed E-state index contributed by atoms with van der Waals surface area (Å²) < 4.78 is 11.2. The molecule has 0 radical (unpaired) electrons. The van der Waals surface area contributed by atoms with Crippen molar-refractivity contribution in [3.63, 3.8) is 0 Å². The minimum atomic E-state index is -1.11. The predicted molar refractivity (Wildman–Crippen MR) is 125 cm³/mol. The van der Waals surface area contributed by atoms with Crippen molar-refractivity contribution in [2.24, 2.45) is 0 Å². The lowest BCUT2D eigenvalue weighted by molar-refractivity contribution is -0.159. The van der Waals surface area contributed by atoms with E-state index >= 15 is 0 Å². The minimum absolute atomic E-state index is 0.100. The zero-order chi connectivity index (χ0) is 22.7. The van der Waals surface area contributed by atoms with Gasteiger partial charge >= 0.3 is 5.97 Å². The third-order valence-electron chi connectivity index (χ3n) is 5.07. The van der Waals surface area contributed by atoms with Gasteiger partial charge in [0.15, 0.2) is 11.4 Å². The van der Waals surface area contributed by atoms with Crippen LogP contribution in [-0.4, -0.2) is 24.0 Å². The molecular formula is C26H33ClO4. The molecule has 0 amide bonds. The number of ether oxygens (including phenoxy) is 2. The Morgan fingerprint density at radius 2 is 1.32 bits per heavy atom. The minimum Gasteiger partial charge on any atom is -0.476 e. The molecule has 2 aromatic carbocycles. The van der Waals surface area contributed by atoms with Gasteiger partial charge in [-0.2, -0.15) is 0 Å². The lowest BCUT2D eigenvalue weighted by Crippen LogP contribution is -2.39. The van der Waals surface area contributed by atoms with E-state index in [1.54, 1.807) is 62.4 Å². The van der Waals surface area contributed by atoms with Crippen molar-refractivity contribution >= 4 is 23.4 Å². The van der Waals surface area contributed by atoms with E-state index in [1.807, 2.05) is 0 Å². The molecule has 0 aliphatic carbocycles. The summed E-state index contributed by atoms with van der Waals surface area (Å²) in [5, 5.41) is 0.585. The zero-order valence-corrected chi connectivity index (χ0v) is 19.5. The lowest BCUT2D eigenvalue weighted by Gasteiger charge is -2.24. The van der Waals surface area contributed by atoms with Crippen LogP contribution < -0.4 is 4.74 Å². The van der Waals surface area contributed by atoms with Gasteiger partial charge in [0.25, 0.3) is 0 Å². The number of carbonyl (C=O) groups excluding carboxylic acids is 2. The van der Waals surface area contributed by atoms with Gasteiger partial charge < -0.3 is 9.47 Å². The second-order valence-electron chi connectivity index (χ2n) is 8.23. The van der Waals surface area contributed by atoms with Crippen LogP contribution >= 0.6 is 11.6 Å². The fourth-order valence-corrected chi connectivity index (χ4v) is 3.30. The van der Waals surface area contributed by atoms with Crippen molar-refractivity contribution in [1.29, 1.82) is 0 Å². The Bertz CT molecular complexity index is 825. The van der Waals surface area contributed by atoms with E-state index in [2.05, 4.69) is 6.92 Å². The molecule has 0 saturated carbocycles. The average Bonchev–Trinajstić information content (AvgIpc) is 2.75. The first-order valence-electron chi connectivity index (χ1n) is 11.1. The summed E-state index contributed by atoms with van der Waals surface area (Å²) in [6.45, 7) is 5.99. The summed E-state index contributed by atoms with van der Waals surface area (Å²) >= 11 is 5.88. The monoisotopic (exact) mass is 444 g/mol. The van der Waals surface area contributed by atoms with E-state index in [0.717, 1.165) is 12.8 Å². The van der Waals surface area contributed by atoms with Crippen LogP contribution in [0, 0.1) is 0 Å². The summed E-state index contributed by atoms with van der Waals surface area (Å²) in [6.07, 6.45) is 8.17. The molecule has 0 aliphatic heterocycles. The SMILES string of the molecule is CCCCCCCCCOC(=O)C(C)(C)Oc1ccc(C(=O)c2ccc(Cl)cc2)cc1. The van der Waals surface area contributed by atoms with Crippen LogP contribution in [0.1, 0.15) is 81.6 Å². The van der Waals surface area contributed by atoms with Crippen LogP contribution in [0.25, 0.3) is 0 Å². The van der Waals surface area contributed by atoms with Crippen LogP contribution in [0.2, 0.25) is 5.02 Å². The Balaban J connectivity index is 1.80. The maximum atomic E-state index is 12.5. The standard InChI is InChI=1S/C26H33ClO4/c1-4-5-6-7-8-9-10-19-30-25(29)26(2,3)31-23-17-13-21(14-18-23)24(28)20-11-15-22(27)16-12-20/h11-18H,4-10,19H2,1-3H3. The first-order chi connectivity index (χ1) is 14.8. The smallest absolute Gasteiger partial charge is 0.349 e. The summed E-state index contributed by atoms with van der Waals surface area (Å²) in [7, 11) is 0. The van der Waals surface area contributed by atoms with Gasteiger partial charge in [0.1, 0.15) is 5.75 Å². The Kier molecular flexibility index (Phi) is 10.1. The number of unbranched alkanes of at least 4 members (excludes halogenated alkanes) is 6. The predicted octanol–water partition coefficient (Wildman–Crippen LogP) is 7.02. The third-order valence-corrected chi connectivity index (χ3v) is 5.32. The maximum absolute atomic E-state index is 12.5. The largest absolute Gasteiger partial charge is 0.476 e. The van der Waals surface area contributed by atoms with E-state index in [-0.39, 0.29) is 11.8 Å². The Labute approximate surface area is 190 Å². The highest BCUT2D eigenvalue weighted by Crippen LogP contribution is 2.22. The highest BCUT2D eigenvalue weighted by atomic mass is 35.5. The molecule has 4 nitrogen and oxygen atoms in total. The van der Waals surface area contributed by atoms with E-state index in [4.69, 9.17) is 21.1 Å². The molecule has 0 spiro atoms. The van der Waals surface area contributed by atoms with Crippen molar-refractivity contribution in [2.45, 2.75) is 71.3 Å². The fourth-order valence-electron chi connectivity index (χ4n) is 3.18. The second kappa shape index (κ2) is 12.5. The molecule has 0 aromatic heterocycles. The van der Waals surface area contributed by atoms with Crippen LogP contribution in [0.15, 0.2) is 48.5 Å². The summed E-state index contributed by atoms with van der Waals surface area (Å²) in [4.78, 5) is 25.0. The molecule has 2 rings (SSSR count). The molecule has 31 heavy (non-hydrogen) atoms. The molecule has 0 heterocycles. The van der Waals surface area contributed by atoms with Crippen molar-refractivity contribution in [2.75, 3.05) is 6.61 Å². The number of halogens is 1.